The summed E-state index contributed by atoms with van der Waals surface area (Å²) in [5.41, 5.74) is 8.65. The molecule has 0 aliphatic carbocycles. The van der Waals surface area contributed by atoms with Crippen LogP contribution < -0.4 is 10.6 Å². The van der Waals surface area contributed by atoms with E-state index in [1.54, 1.807) is 4.90 Å². The number of rotatable bonds is 6. The summed E-state index contributed by atoms with van der Waals surface area (Å²) in [6, 6.07) is 8.20. The zero-order valence-electron chi connectivity index (χ0n) is 16.9. The Balaban J connectivity index is 1.72. The fraction of sp³-hybridized carbons (Fsp3) is 0.368. The van der Waals surface area contributed by atoms with Gasteiger partial charge in [0.1, 0.15) is 11.3 Å². The van der Waals surface area contributed by atoms with Crippen molar-refractivity contribution in [2.24, 2.45) is 0 Å². The molecule has 0 saturated heterocycles. The molecule has 4 aromatic rings. The number of aryl methyl sites for hydroxylation is 1. The van der Waals surface area contributed by atoms with Crippen molar-refractivity contribution < 1.29 is 0 Å². The van der Waals surface area contributed by atoms with Crippen molar-refractivity contribution in [2.45, 2.75) is 37.2 Å². The molecule has 0 spiro atoms. The lowest BCUT2D eigenvalue weighted by Crippen LogP contribution is -2.16. The second-order valence-electron chi connectivity index (χ2n) is 6.94. The Morgan fingerprint density at radius 1 is 1.10 bits per heavy atom. The van der Waals surface area contributed by atoms with Crippen LogP contribution in [0.2, 0.25) is 0 Å². The molecule has 0 bridgehead atoms. The summed E-state index contributed by atoms with van der Waals surface area (Å²) >= 11 is 1.45. The molecule has 2 N–H and O–H groups in total. The highest BCUT2D eigenvalue weighted by atomic mass is 32.2. The Bertz CT molecular complexity index is 1170. The van der Waals surface area contributed by atoms with E-state index < -0.39 is 0 Å². The Labute approximate surface area is 172 Å². The molecule has 10 heteroatoms. The molecule has 0 amide bonds. The third-order valence-electron chi connectivity index (χ3n) is 4.51. The predicted octanol–water partition coefficient (Wildman–Crippen LogP) is 3.08. The molecule has 0 aliphatic rings. The minimum atomic E-state index is -0.109. The Hall–Kier alpha value is -3.01. The van der Waals surface area contributed by atoms with Crippen molar-refractivity contribution in [3.63, 3.8) is 0 Å². The molecule has 0 unspecified atom stereocenters. The highest BCUT2D eigenvalue weighted by molar-refractivity contribution is 7.99. The topological polar surface area (TPSA) is 112 Å². The average molecular weight is 410 g/mol. The number of aromatic nitrogens is 7. The van der Waals surface area contributed by atoms with Gasteiger partial charge in [-0.2, -0.15) is 15.0 Å². The summed E-state index contributed by atoms with van der Waals surface area (Å²) in [4.78, 5) is 19.5. The van der Waals surface area contributed by atoms with Gasteiger partial charge in [-0.05, 0) is 19.4 Å². The Morgan fingerprint density at radius 2 is 1.90 bits per heavy atom. The Kier molecular flexibility index (Phi) is 5.18. The lowest BCUT2D eigenvalue weighted by atomic mass is 10.2. The van der Waals surface area contributed by atoms with E-state index >= 15 is 0 Å². The van der Waals surface area contributed by atoms with Crippen LogP contribution in [0, 0.1) is 0 Å². The lowest BCUT2D eigenvalue weighted by molar-refractivity contribution is 0.709. The van der Waals surface area contributed by atoms with Gasteiger partial charge in [0.15, 0.2) is 5.65 Å². The van der Waals surface area contributed by atoms with Gasteiger partial charge in [0.05, 0.1) is 10.8 Å². The maximum atomic E-state index is 5.85. The van der Waals surface area contributed by atoms with Gasteiger partial charge in [-0.1, -0.05) is 36.9 Å². The molecule has 0 radical (unpaired) electrons. The van der Waals surface area contributed by atoms with E-state index in [1.165, 1.54) is 11.8 Å². The van der Waals surface area contributed by atoms with Gasteiger partial charge < -0.3 is 15.2 Å². The number of nitrogens with zero attached hydrogens (tertiary/aromatic N) is 8. The molecule has 150 valence electrons. The fourth-order valence-corrected chi connectivity index (χ4v) is 3.93. The van der Waals surface area contributed by atoms with Crippen LogP contribution in [0.4, 0.5) is 11.9 Å². The molecular formula is C19H23N9S. The van der Waals surface area contributed by atoms with E-state index in [0.717, 1.165) is 35.0 Å². The second-order valence-corrected chi connectivity index (χ2v) is 8.25. The number of para-hydroxylation sites is 1. The largest absolute Gasteiger partial charge is 0.368 e. The third-order valence-corrected chi connectivity index (χ3v) is 5.45. The molecule has 3 aromatic heterocycles. The summed E-state index contributed by atoms with van der Waals surface area (Å²) in [7, 11) is 3.73. The van der Waals surface area contributed by atoms with E-state index in [0.29, 0.717) is 16.9 Å². The molecule has 0 fully saturated rings. The molecular weight excluding hydrogens is 386 g/mol. The van der Waals surface area contributed by atoms with Gasteiger partial charge in [0.2, 0.25) is 17.1 Å². The second kappa shape index (κ2) is 7.78. The van der Waals surface area contributed by atoms with E-state index in [4.69, 9.17) is 10.7 Å². The Morgan fingerprint density at radius 3 is 2.66 bits per heavy atom. The van der Waals surface area contributed by atoms with Crippen molar-refractivity contribution >= 4 is 45.7 Å². The number of thioether (sulfide) groups is 1. The average Bonchev–Trinajstić information content (AvgIpc) is 3.01. The minimum Gasteiger partial charge on any atom is -0.368 e. The quantitative estimate of drug-likeness (QED) is 0.480. The fourth-order valence-electron chi connectivity index (χ4n) is 3.18. The first-order chi connectivity index (χ1) is 14.0. The maximum absolute atomic E-state index is 5.85. The molecule has 1 atom stereocenters. The zero-order chi connectivity index (χ0) is 20.5. The molecule has 9 nitrogen and oxygen atoms in total. The summed E-state index contributed by atoms with van der Waals surface area (Å²) in [5.74, 6) is 1.31. The van der Waals surface area contributed by atoms with Crippen LogP contribution in [0.5, 0.6) is 0 Å². The van der Waals surface area contributed by atoms with Crippen LogP contribution >= 0.6 is 11.8 Å². The van der Waals surface area contributed by atoms with Crippen molar-refractivity contribution in [3.8, 4) is 0 Å². The first-order valence-corrected chi connectivity index (χ1v) is 10.3. The number of nitrogen functional groups attached to an aromatic ring is 1. The predicted molar refractivity (Wildman–Crippen MR) is 116 cm³/mol. The highest BCUT2D eigenvalue weighted by Crippen LogP contribution is 2.33. The summed E-state index contributed by atoms with van der Waals surface area (Å²) in [6.45, 7) is 5.02. The standard InChI is InChI=1S/C19H23N9S/c1-5-10-28-13-9-7-6-8-12(13)14-16(28)23-19(26-25-14)29-11(2)15-21-17(20)24-18(22-15)27(3)4/h6-9,11H,5,10H2,1-4H3,(H2,20,21,22,24)/t11-/m1/s1. The monoisotopic (exact) mass is 409 g/mol. The highest BCUT2D eigenvalue weighted by Gasteiger charge is 2.19. The summed E-state index contributed by atoms with van der Waals surface area (Å²) in [6.07, 6.45) is 1.01. The molecule has 29 heavy (non-hydrogen) atoms. The van der Waals surface area contributed by atoms with E-state index in [1.807, 2.05) is 33.2 Å². The maximum Gasteiger partial charge on any atom is 0.229 e. The minimum absolute atomic E-state index is 0.109. The van der Waals surface area contributed by atoms with Gasteiger partial charge in [-0.3, -0.25) is 0 Å². The van der Waals surface area contributed by atoms with Crippen LogP contribution in [0.1, 0.15) is 31.3 Å². The number of benzene rings is 1. The van der Waals surface area contributed by atoms with Gasteiger partial charge in [-0.15, -0.1) is 10.2 Å². The number of fused-ring (bicyclic) bond motifs is 3. The van der Waals surface area contributed by atoms with Crippen LogP contribution in [0.3, 0.4) is 0 Å². The first-order valence-electron chi connectivity index (χ1n) is 9.45. The molecule has 3 heterocycles. The van der Waals surface area contributed by atoms with E-state index in [-0.39, 0.29) is 11.2 Å². The normalized spacial score (nSPS) is 12.6. The number of hydrogen-bond donors (Lipinski definition) is 1. The molecule has 1 aromatic carbocycles. The number of anilines is 2. The lowest BCUT2D eigenvalue weighted by Gasteiger charge is -2.14. The van der Waals surface area contributed by atoms with E-state index in [9.17, 15) is 0 Å². The zero-order valence-corrected chi connectivity index (χ0v) is 17.7. The SMILES string of the molecule is CCCn1c2ccccc2c2nnc(S[C@H](C)c3nc(N)nc(N(C)C)n3)nc21. The van der Waals surface area contributed by atoms with Crippen molar-refractivity contribution in [1.82, 2.24) is 34.7 Å². The van der Waals surface area contributed by atoms with Gasteiger partial charge in [0, 0.05) is 26.0 Å². The van der Waals surface area contributed by atoms with Gasteiger partial charge in [-0.25, -0.2) is 4.98 Å². The van der Waals surface area contributed by atoms with Gasteiger partial charge >= 0.3 is 0 Å². The summed E-state index contributed by atoms with van der Waals surface area (Å²) in [5, 5.41) is 10.4. The third kappa shape index (κ3) is 3.67. The summed E-state index contributed by atoms with van der Waals surface area (Å²) < 4.78 is 2.21. The first kappa shape index (κ1) is 19.3. The van der Waals surface area contributed by atoms with E-state index in [2.05, 4.69) is 48.8 Å². The van der Waals surface area contributed by atoms with Crippen LogP contribution in [-0.2, 0) is 6.54 Å². The van der Waals surface area contributed by atoms with Gasteiger partial charge in [0.25, 0.3) is 0 Å². The van der Waals surface area contributed by atoms with Crippen molar-refractivity contribution in [2.75, 3.05) is 24.7 Å². The number of nitrogens with two attached hydrogens (primary N) is 1. The van der Waals surface area contributed by atoms with Crippen LogP contribution in [0.15, 0.2) is 29.4 Å². The smallest absolute Gasteiger partial charge is 0.229 e. The van der Waals surface area contributed by atoms with Crippen LogP contribution in [0.25, 0.3) is 22.1 Å². The molecule has 4 rings (SSSR count). The van der Waals surface area contributed by atoms with Crippen molar-refractivity contribution in [3.05, 3.63) is 30.1 Å². The molecule has 0 saturated carbocycles. The number of hydrogen-bond acceptors (Lipinski definition) is 9. The van der Waals surface area contributed by atoms with Crippen molar-refractivity contribution in [1.29, 1.82) is 0 Å². The molecule has 0 aliphatic heterocycles. The van der Waals surface area contributed by atoms with Crippen LogP contribution in [-0.4, -0.2) is 48.8 Å².